The molecule has 0 aromatic carbocycles. The quantitative estimate of drug-likeness (QED) is 0.758. The minimum absolute atomic E-state index is 0.0261. The Bertz CT molecular complexity index is 1000. The van der Waals surface area contributed by atoms with Gasteiger partial charge >= 0.3 is 0 Å². The minimum atomic E-state index is -0.432. The van der Waals surface area contributed by atoms with Gasteiger partial charge in [-0.3, -0.25) is 14.6 Å². The van der Waals surface area contributed by atoms with Crippen molar-refractivity contribution in [1.29, 1.82) is 0 Å². The summed E-state index contributed by atoms with van der Waals surface area (Å²) in [7, 11) is 0. The van der Waals surface area contributed by atoms with E-state index in [1.165, 1.54) is 12.3 Å². The Morgan fingerprint density at radius 2 is 2.27 bits per heavy atom. The number of aromatic amines is 1. The van der Waals surface area contributed by atoms with Gasteiger partial charge in [0, 0.05) is 18.9 Å². The Hall–Kier alpha value is -3.00. The SMILES string of the molecule is O=C(c1c[nH]c(=O)c(Cl)c1)N1CCCC1c1nc(-c2ccccn2)no1. The van der Waals surface area contributed by atoms with Crippen molar-refractivity contribution in [3.8, 4) is 11.5 Å². The summed E-state index contributed by atoms with van der Waals surface area (Å²) in [5.74, 6) is 0.502. The van der Waals surface area contributed by atoms with Crippen LogP contribution in [0.4, 0.5) is 0 Å². The monoisotopic (exact) mass is 371 g/mol. The van der Waals surface area contributed by atoms with Crippen molar-refractivity contribution in [2.24, 2.45) is 0 Å². The average Bonchev–Trinajstić information content (AvgIpc) is 3.33. The summed E-state index contributed by atoms with van der Waals surface area (Å²) in [6, 6.07) is 6.47. The highest BCUT2D eigenvalue weighted by Gasteiger charge is 2.35. The zero-order chi connectivity index (χ0) is 18.1. The van der Waals surface area contributed by atoms with Crippen LogP contribution >= 0.6 is 11.6 Å². The first kappa shape index (κ1) is 16.5. The maximum atomic E-state index is 12.8. The van der Waals surface area contributed by atoms with Crippen LogP contribution in [0.5, 0.6) is 0 Å². The standard InChI is InChI=1S/C17H14ClN5O3/c18-11-8-10(9-20-15(11)24)17(25)23-7-3-5-13(23)16-21-14(22-26-16)12-4-1-2-6-19-12/h1-2,4,6,8-9,13H,3,5,7H2,(H,20,24). The van der Waals surface area contributed by atoms with Crippen LogP contribution in [0.2, 0.25) is 5.02 Å². The molecule has 1 fully saturated rings. The molecule has 0 radical (unpaired) electrons. The van der Waals surface area contributed by atoms with E-state index < -0.39 is 5.56 Å². The summed E-state index contributed by atoms with van der Waals surface area (Å²) in [5.41, 5.74) is 0.481. The van der Waals surface area contributed by atoms with Crippen LogP contribution in [0.1, 0.15) is 35.1 Å². The van der Waals surface area contributed by atoms with Crippen molar-refractivity contribution >= 4 is 17.5 Å². The second-order valence-electron chi connectivity index (χ2n) is 5.89. The van der Waals surface area contributed by atoms with Gasteiger partial charge in [0.25, 0.3) is 11.5 Å². The zero-order valence-corrected chi connectivity index (χ0v) is 14.3. The lowest BCUT2D eigenvalue weighted by atomic mass is 10.2. The number of nitrogens with zero attached hydrogens (tertiary/aromatic N) is 4. The van der Waals surface area contributed by atoms with Gasteiger partial charge in [0.2, 0.25) is 11.7 Å². The molecular formula is C17H14ClN5O3. The minimum Gasteiger partial charge on any atom is -0.337 e. The predicted octanol–water partition coefficient (Wildman–Crippen LogP) is 2.45. The van der Waals surface area contributed by atoms with E-state index in [-0.39, 0.29) is 17.0 Å². The highest BCUT2D eigenvalue weighted by atomic mass is 35.5. The molecule has 132 valence electrons. The van der Waals surface area contributed by atoms with Gasteiger partial charge < -0.3 is 14.4 Å². The lowest BCUT2D eigenvalue weighted by molar-refractivity contribution is 0.0709. The van der Waals surface area contributed by atoms with Gasteiger partial charge in [-0.1, -0.05) is 22.8 Å². The van der Waals surface area contributed by atoms with E-state index in [9.17, 15) is 9.59 Å². The number of hydrogen-bond donors (Lipinski definition) is 1. The highest BCUT2D eigenvalue weighted by Crippen LogP contribution is 2.33. The Kier molecular flexibility index (Phi) is 4.26. The summed E-state index contributed by atoms with van der Waals surface area (Å²) in [4.78, 5) is 36.9. The molecule has 1 saturated heterocycles. The molecule has 1 aliphatic heterocycles. The van der Waals surface area contributed by atoms with Crippen LogP contribution in [0.25, 0.3) is 11.5 Å². The van der Waals surface area contributed by atoms with Crippen molar-refractivity contribution in [1.82, 2.24) is 25.0 Å². The van der Waals surface area contributed by atoms with E-state index in [0.29, 0.717) is 35.9 Å². The molecule has 1 amide bonds. The van der Waals surface area contributed by atoms with Crippen LogP contribution < -0.4 is 5.56 Å². The van der Waals surface area contributed by atoms with Crippen molar-refractivity contribution in [2.45, 2.75) is 18.9 Å². The molecule has 1 atom stereocenters. The summed E-state index contributed by atoms with van der Waals surface area (Å²) < 4.78 is 5.38. The Morgan fingerprint density at radius 3 is 3.04 bits per heavy atom. The first-order valence-corrected chi connectivity index (χ1v) is 8.45. The number of carbonyl (C=O) groups is 1. The Morgan fingerprint density at radius 1 is 1.38 bits per heavy atom. The number of likely N-dealkylation sites (tertiary alicyclic amines) is 1. The third-order valence-corrected chi connectivity index (χ3v) is 4.52. The first-order chi connectivity index (χ1) is 12.6. The normalized spacial score (nSPS) is 16.8. The number of H-pyrrole nitrogens is 1. The predicted molar refractivity (Wildman–Crippen MR) is 92.6 cm³/mol. The molecular weight excluding hydrogens is 358 g/mol. The second kappa shape index (κ2) is 6.72. The summed E-state index contributed by atoms with van der Waals surface area (Å²) in [6.45, 7) is 0.557. The molecule has 3 aromatic rings. The van der Waals surface area contributed by atoms with Gasteiger partial charge in [-0.15, -0.1) is 0 Å². The number of amides is 1. The smallest absolute Gasteiger partial charge is 0.266 e. The van der Waals surface area contributed by atoms with E-state index in [1.54, 1.807) is 23.2 Å². The van der Waals surface area contributed by atoms with E-state index in [4.69, 9.17) is 16.1 Å². The van der Waals surface area contributed by atoms with E-state index in [1.807, 2.05) is 6.07 Å². The van der Waals surface area contributed by atoms with Crippen molar-refractivity contribution < 1.29 is 9.32 Å². The maximum Gasteiger partial charge on any atom is 0.266 e. The molecule has 0 aliphatic carbocycles. The van der Waals surface area contributed by atoms with Gasteiger partial charge in [0.05, 0.1) is 5.56 Å². The van der Waals surface area contributed by atoms with E-state index >= 15 is 0 Å². The van der Waals surface area contributed by atoms with Crippen LogP contribution in [0.3, 0.4) is 0 Å². The van der Waals surface area contributed by atoms with Crippen LogP contribution in [0, 0.1) is 0 Å². The summed E-state index contributed by atoms with van der Waals surface area (Å²) in [5, 5.41) is 3.94. The second-order valence-corrected chi connectivity index (χ2v) is 6.30. The van der Waals surface area contributed by atoms with E-state index in [2.05, 4.69) is 20.1 Å². The van der Waals surface area contributed by atoms with Crippen LogP contribution in [-0.4, -0.2) is 37.5 Å². The fourth-order valence-corrected chi connectivity index (χ4v) is 3.15. The molecule has 8 nitrogen and oxygen atoms in total. The molecule has 1 N–H and O–H groups in total. The zero-order valence-electron chi connectivity index (χ0n) is 13.6. The number of rotatable bonds is 3. The van der Waals surface area contributed by atoms with Crippen molar-refractivity contribution in [3.05, 3.63) is 63.5 Å². The van der Waals surface area contributed by atoms with Crippen LogP contribution in [-0.2, 0) is 0 Å². The summed E-state index contributed by atoms with van der Waals surface area (Å²) in [6.07, 6.45) is 4.54. The first-order valence-electron chi connectivity index (χ1n) is 8.07. The molecule has 0 bridgehead atoms. The van der Waals surface area contributed by atoms with Gasteiger partial charge in [-0.2, -0.15) is 4.98 Å². The maximum absolute atomic E-state index is 12.8. The van der Waals surface area contributed by atoms with Crippen LogP contribution in [0.15, 0.2) is 46.0 Å². The van der Waals surface area contributed by atoms with Gasteiger partial charge in [0.15, 0.2) is 0 Å². The molecule has 1 aliphatic rings. The molecule has 0 saturated carbocycles. The number of carbonyl (C=O) groups excluding carboxylic acids is 1. The van der Waals surface area contributed by atoms with E-state index in [0.717, 1.165) is 6.42 Å². The highest BCUT2D eigenvalue weighted by molar-refractivity contribution is 6.30. The molecule has 0 spiro atoms. The topological polar surface area (TPSA) is 105 Å². The lowest BCUT2D eigenvalue weighted by Crippen LogP contribution is -2.31. The van der Waals surface area contributed by atoms with Gasteiger partial charge in [0.1, 0.15) is 16.8 Å². The average molecular weight is 372 g/mol. The lowest BCUT2D eigenvalue weighted by Gasteiger charge is -2.21. The van der Waals surface area contributed by atoms with Gasteiger partial charge in [-0.05, 0) is 31.0 Å². The van der Waals surface area contributed by atoms with Gasteiger partial charge in [-0.25, -0.2) is 0 Å². The summed E-state index contributed by atoms with van der Waals surface area (Å²) >= 11 is 5.83. The molecule has 1 unspecified atom stereocenters. The van der Waals surface area contributed by atoms with Crippen molar-refractivity contribution in [2.75, 3.05) is 6.54 Å². The number of nitrogens with one attached hydrogen (secondary N) is 1. The number of halogens is 1. The Balaban J connectivity index is 1.60. The number of aromatic nitrogens is 4. The van der Waals surface area contributed by atoms with Crippen molar-refractivity contribution in [3.63, 3.8) is 0 Å². The Labute approximate surface area is 152 Å². The number of hydrogen-bond acceptors (Lipinski definition) is 6. The molecule has 4 heterocycles. The number of pyridine rings is 2. The molecule has 9 heteroatoms. The third-order valence-electron chi connectivity index (χ3n) is 4.24. The fraction of sp³-hybridized carbons (Fsp3) is 0.235. The third kappa shape index (κ3) is 2.99. The molecule has 26 heavy (non-hydrogen) atoms. The fourth-order valence-electron chi connectivity index (χ4n) is 2.98. The molecule has 4 rings (SSSR count). The molecule has 3 aromatic heterocycles. The largest absolute Gasteiger partial charge is 0.337 e.